The van der Waals surface area contributed by atoms with E-state index in [0.717, 1.165) is 22.6 Å². The quantitative estimate of drug-likeness (QED) is 0.809. The van der Waals surface area contributed by atoms with Crippen LogP contribution in [0.15, 0.2) is 42.5 Å². The maximum atomic E-state index is 9.71. The first-order chi connectivity index (χ1) is 8.69. The van der Waals surface area contributed by atoms with Gasteiger partial charge in [-0.05, 0) is 42.3 Å². The SMILES string of the molecule is COc1ccc(CNc2cc(C)ccc2O)cc1. The second kappa shape index (κ2) is 5.45. The van der Waals surface area contributed by atoms with E-state index in [9.17, 15) is 5.11 Å². The number of nitrogens with one attached hydrogen (secondary N) is 1. The van der Waals surface area contributed by atoms with Crippen LogP contribution < -0.4 is 10.1 Å². The standard InChI is InChI=1S/C15H17NO2/c1-11-3-8-15(17)14(9-11)16-10-12-4-6-13(18-2)7-5-12/h3-9,16-17H,10H2,1-2H3. The molecular formula is C15H17NO2. The summed E-state index contributed by atoms with van der Waals surface area (Å²) in [7, 11) is 1.65. The van der Waals surface area contributed by atoms with Crippen molar-refractivity contribution >= 4 is 5.69 Å². The second-order valence-electron chi connectivity index (χ2n) is 4.22. The maximum absolute atomic E-state index is 9.71. The Labute approximate surface area is 107 Å². The lowest BCUT2D eigenvalue weighted by molar-refractivity contribution is 0.414. The molecule has 18 heavy (non-hydrogen) atoms. The zero-order valence-electron chi connectivity index (χ0n) is 10.6. The monoisotopic (exact) mass is 243 g/mol. The number of methoxy groups -OCH3 is 1. The topological polar surface area (TPSA) is 41.5 Å². The minimum absolute atomic E-state index is 0.272. The van der Waals surface area contributed by atoms with Gasteiger partial charge in [-0.15, -0.1) is 0 Å². The van der Waals surface area contributed by atoms with Crippen LogP contribution in [0.5, 0.6) is 11.5 Å². The minimum Gasteiger partial charge on any atom is -0.506 e. The van der Waals surface area contributed by atoms with Crippen LogP contribution in [0, 0.1) is 6.92 Å². The van der Waals surface area contributed by atoms with Crippen LogP contribution in [0.1, 0.15) is 11.1 Å². The minimum atomic E-state index is 0.272. The van der Waals surface area contributed by atoms with Crippen molar-refractivity contribution in [3.05, 3.63) is 53.6 Å². The summed E-state index contributed by atoms with van der Waals surface area (Å²) in [4.78, 5) is 0. The molecule has 0 atom stereocenters. The van der Waals surface area contributed by atoms with Gasteiger partial charge in [0.25, 0.3) is 0 Å². The van der Waals surface area contributed by atoms with Gasteiger partial charge in [0.05, 0.1) is 12.8 Å². The third-order valence-electron chi connectivity index (χ3n) is 2.79. The highest BCUT2D eigenvalue weighted by Gasteiger charge is 2.01. The largest absolute Gasteiger partial charge is 0.506 e. The van der Waals surface area contributed by atoms with Crippen LogP contribution >= 0.6 is 0 Å². The van der Waals surface area contributed by atoms with Crippen molar-refractivity contribution in [3.63, 3.8) is 0 Å². The normalized spacial score (nSPS) is 10.1. The van der Waals surface area contributed by atoms with Gasteiger partial charge in [0.2, 0.25) is 0 Å². The molecule has 0 fully saturated rings. The van der Waals surface area contributed by atoms with Crippen molar-refractivity contribution in [2.24, 2.45) is 0 Å². The zero-order valence-corrected chi connectivity index (χ0v) is 10.6. The van der Waals surface area contributed by atoms with Crippen LogP contribution in [-0.2, 0) is 6.54 Å². The highest BCUT2D eigenvalue weighted by Crippen LogP contribution is 2.24. The molecule has 3 nitrogen and oxygen atoms in total. The van der Waals surface area contributed by atoms with E-state index in [-0.39, 0.29) is 5.75 Å². The molecule has 2 rings (SSSR count). The fourth-order valence-corrected chi connectivity index (χ4v) is 1.73. The molecule has 0 bridgehead atoms. The predicted octanol–water partition coefficient (Wildman–Crippen LogP) is 3.32. The van der Waals surface area contributed by atoms with Crippen LogP contribution in [0.2, 0.25) is 0 Å². The number of ether oxygens (including phenoxy) is 1. The Morgan fingerprint density at radius 1 is 1.11 bits per heavy atom. The van der Waals surface area contributed by atoms with Gasteiger partial charge in [0.1, 0.15) is 11.5 Å². The average molecular weight is 243 g/mol. The molecule has 0 saturated heterocycles. The molecule has 0 aliphatic rings. The number of anilines is 1. The molecule has 3 heteroatoms. The van der Waals surface area contributed by atoms with Crippen LogP contribution in [0.3, 0.4) is 0 Å². The van der Waals surface area contributed by atoms with Crippen molar-refractivity contribution in [2.45, 2.75) is 13.5 Å². The van der Waals surface area contributed by atoms with E-state index < -0.39 is 0 Å². The van der Waals surface area contributed by atoms with Gasteiger partial charge in [-0.3, -0.25) is 0 Å². The highest BCUT2D eigenvalue weighted by atomic mass is 16.5. The van der Waals surface area contributed by atoms with Crippen LogP contribution in [0.25, 0.3) is 0 Å². The molecule has 0 saturated carbocycles. The summed E-state index contributed by atoms with van der Waals surface area (Å²) in [6, 6.07) is 13.4. The maximum Gasteiger partial charge on any atom is 0.138 e. The number of rotatable bonds is 4. The number of aromatic hydroxyl groups is 1. The summed E-state index contributed by atoms with van der Waals surface area (Å²) in [6.45, 7) is 2.67. The summed E-state index contributed by atoms with van der Waals surface area (Å²) >= 11 is 0. The molecule has 94 valence electrons. The molecular weight excluding hydrogens is 226 g/mol. The Bertz CT molecular complexity index is 521. The summed E-state index contributed by atoms with van der Waals surface area (Å²) in [5, 5.41) is 12.9. The first kappa shape index (κ1) is 12.3. The lowest BCUT2D eigenvalue weighted by atomic mass is 10.2. The number of aryl methyl sites for hydroxylation is 1. The molecule has 0 unspecified atom stereocenters. The summed E-state index contributed by atoms with van der Waals surface area (Å²) in [6.07, 6.45) is 0. The number of hydrogen-bond acceptors (Lipinski definition) is 3. The molecule has 0 aliphatic heterocycles. The molecule has 2 aromatic rings. The Morgan fingerprint density at radius 3 is 2.50 bits per heavy atom. The smallest absolute Gasteiger partial charge is 0.138 e. The Morgan fingerprint density at radius 2 is 1.83 bits per heavy atom. The molecule has 2 aromatic carbocycles. The second-order valence-corrected chi connectivity index (χ2v) is 4.22. The number of phenolic OH excluding ortho intramolecular Hbond substituents is 1. The van der Waals surface area contributed by atoms with Gasteiger partial charge in [-0.1, -0.05) is 18.2 Å². The summed E-state index contributed by atoms with van der Waals surface area (Å²) in [5.74, 6) is 1.12. The molecule has 0 amide bonds. The van der Waals surface area contributed by atoms with Crippen molar-refractivity contribution in [1.82, 2.24) is 0 Å². The van der Waals surface area contributed by atoms with Gasteiger partial charge in [0, 0.05) is 6.54 Å². The first-order valence-electron chi connectivity index (χ1n) is 5.85. The van der Waals surface area contributed by atoms with Crippen LogP contribution in [0.4, 0.5) is 5.69 Å². The number of hydrogen-bond donors (Lipinski definition) is 2. The van der Waals surface area contributed by atoms with Crippen LogP contribution in [-0.4, -0.2) is 12.2 Å². The lowest BCUT2D eigenvalue weighted by Gasteiger charge is -2.09. The molecule has 0 aliphatic carbocycles. The van der Waals surface area contributed by atoms with Gasteiger partial charge >= 0.3 is 0 Å². The van der Waals surface area contributed by atoms with Crippen molar-refractivity contribution in [3.8, 4) is 11.5 Å². The van der Waals surface area contributed by atoms with E-state index in [0.29, 0.717) is 6.54 Å². The van der Waals surface area contributed by atoms with E-state index in [1.165, 1.54) is 0 Å². The van der Waals surface area contributed by atoms with Crippen molar-refractivity contribution in [1.29, 1.82) is 0 Å². The van der Waals surface area contributed by atoms with E-state index in [1.807, 2.05) is 43.3 Å². The number of phenols is 1. The van der Waals surface area contributed by atoms with E-state index >= 15 is 0 Å². The van der Waals surface area contributed by atoms with Gasteiger partial charge in [-0.2, -0.15) is 0 Å². The fourth-order valence-electron chi connectivity index (χ4n) is 1.73. The predicted molar refractivity (Wildman–Crippen MR) is 73.2 cm³/mol. The molecule has 2 N–H and O–H groups in total. The first-order valence-corrected chi connectivity index (χ1v) is 5.85. The Balaban J connectivity index is 2.04. The number of benzene rings is 2. The zero-order chi connectivity index (χ0) is 13.0. The summed E-state index contributed by atoms with van der Waals surface area (Å²) in [5.41, 5.74) is 3.01. The molecule has 0 heterocycles. The fraction of sp³-hybridized carbons (Fsp3) is 0.200. The van der Waals surface area contributed by atoms with Crippen molar-refractivity contribution in [2.75, 3.05) is 12.4 Å². The van der Waals surface area contributed by atoms with Gasteiger partial charge in [0.15, 0.2) is 0 Å². The highest BCUT2D eigenvalue weighted by molar-refractivity contribution is 5.57. The Kier molecular flexibility index (Phi) is 3.72. The molecule has 0 spiro atoms. The lowest BCUT2D eigenvalue weighted by Crippen LogP contribution is -1.99. The molecule has 0 aromatic heterocycles. The van der Waals surface area contributed by atoms with E-state index in [1.54, 1.807) is 13.2 Å². The van der Waals surface area contributed by atoms with Crippen molar-refractivity contribution < 1.29 is 9.84 Å². The third kappa shape index (κ3) is 2.94. The summed E-state index contributed by atoms with van der Waals surface area (Å²) < 4.78 is 5.11. The van der Waals surface area contributed by atoms with Gasteiger partial charge < -0.3 is 15.2 Å². The van der Waals surface area contributed by atoms with Gasteiger partial charge in [-0.25, -0.2) is 0 Å². The van der Waals surface area contributed by atoms with E-state index in [2.05, 4.69) is 5.32 Å². The van der Waals surface area contributed by atoms with E-state index in [4.69, 9.17) is 4.74 Å². The molecule has 0 radical (unpaired) electrons. The average Bonchev–Trinajstić information content (AvgIpc) is 2.40. The third-order valence-corrected chi connectivity index (χ3v) is 2.79. The Hall–Kier alpha value is -2.16.